The van der Waals surface area contributed by atoms with Gasteiger partial charge in [-0.1, -0.05) is 44.2 Å². The van der Waals surface area contributed by atoms with Gasteiger partial charge in [0.2, 0.25) is 0 Å². The molecule has 0 aromatic heterocycles. The van der Waals surface area contributed by atoms with E-state index >= 15 is 0 Å². The Morgan fingerprint density at radius 1 is 1.27 bits per heavy atom. The summed E-state index contributed by atoms with van der Waals surface area (Å²) in [6.07, 6.45) is 1.89. The van der Waals surface area contributed by atoms with E-state index in [4.69, 9.17) is 5.11 Å². The summed E-state index contributed by atoms with van der Waals surface area (Å²) >= 11 is 0. The molecule has 2 nitrogen and oxygen atoms in total. The zero-order valence-corrected chi connectivity index (χ0v) is 9.31. The zero-order chi connectivity index (χ0) is 11.3. The van der Waals surface area contributed by atoms with Gasteiger partial charge in [-0.3, -0.25) is 4.79 Å². The molecule has 0 bridgehead atoms. The monoisotopic (exact) mass is 206 g/mol. The highest BCUT2D eigenvalue weighted by molar-refractivity contribution is 5.69. The van der Waals surface area contributed by atoms with E-state index < -0.39 is 5.97 Å². The first-order chi connectivity index (χ1) is 7.11. The third kappa shape index (κ3) is 3.74. The van der Waals surface area contributed by atoms with Crippen LogP contribution < -0.4 is 0 Å². The highest BCUT2D eigenvalue weighted by Crippen LogP contribution is 2.17. The molecule has 2 heteroatoms. The Balaban J connectivity index is 2.41. The maximum absolute atomic E-state index is 10.8. The Morgan fingerprint density at radius 3 is 2.40 bits per heavy atom. The summed E-state index contributed by atoms with van der Waals surface area (Å²) in [5, 5.41) is 8.85. The smallest absolute Gasteiger partial charge is 0.306 e. The van der Waals surface area contributed by atoms with Crippen LogP contribution in [0.5, 0.6) is 0 Å². The van der Waals surface area contributed by atoms with E-state index in [1.54, 1.807) is 6.92 Å². The molecule has 15 heavy (non-hydrogen) atoms. The molecule has 0 aliphatic carbocycles. The predicted octanol–water partition coefficient (Wildman–Crippen LogP) is 2.98. The van der Waals surface area contributed by atoms with E-state index in [1.165, 1.54) is 5.56 Å². The summed E-state index contributed by atoms with van der Waals surface area (Å²) in [5.41, 5.74) is 1.28. The quantitative estimate of drug-likeness (QED) is 0.804. The van der Waals surface area contributed by atoms with Crippen molar-refractivity contribution in [3.8, 4) is 0 Å². The van der Waals surface area contributed by atoms with Crippen molar-refractivity contribution in [2.45, 2.75) is 26.7 Å². The summed E-state index contributed by atoms with van der Waals surface area (Å²) in [6, 6.07) is 10.2. The van der Waals surface area contributed by atoms with Gasteiger partial charge in [0.1, 0.15) is 0 Å². The molecule has 0 aliphatic heterocycles. The molecule has 1 rings (SSSR count). The predicted molar refractivity (Wildman–Crippen MR) is 60.7 cm³/mol. The van der Waals surface area contributed by atoms with Crippen molar-refractivity contribution in [3.05, 3.63) is 35.9 Å². The van der Waals surface area contributed by atoms with Gasteiger partial charge in [0, 0.05) is 0 Å². The van der Waals surface area contributed by atoms with Crippen molar-refractivity contribution in [2.75, 3.05) is 0 Å². The van der Waals surface area contributed by atoms with Gasteiger partial charge in [-0.15, -0.1) is 0 Å². The fraction of sp³-hybridized carbons (Fsp3) is 0.462. The molecule has 1 N–H and O–H groups in total. The number of hydrogen-bond acceptors (Lipinski definition) is 1. The number of rotatable bonds is 5. The maximum atomic E-state index is 10.8. The van der Waals surface area contributed by atoms with Crippen molar-refractivity contribution < 1.29 is 9.90 Å². The van der Waals surface area contributed by atoms with Gasteiger partial charge < -0.3 is 5.11 Å². The largest absolute Gasteiger partial charge is 0.481 e. The number of carboxylic acids is 1. The molecule has 1 aromatic rings. The van der Waals surface area contributed by atoms with Gasteiger partial charge in [0.25, 0.3) is 0 Å². The van der Waals surface area contributed by atoms with Gasteiger partial charge in [0.05, 0.1) is 5.92 Å². The summed E-state index contributed by atoms with van der Waals surface area (Å²) in [6.45, 7) is 3.78. The van der Waals surface area contributed by atoms with Crippen molar-refractivity contribution >= 4 is 5.97 Å². The Hall–Kier alpha value is -1.31. The minimum atomic E-state index is -0.699. The van der Waals surface area contributed by atoms with Crippen molar-refractivity contribution in [2.24, 2.45) is 11.8 Å². The number of aliphatic carboxylic acids is 1. The van der Waals surface area contributed by atoms with Crippen LogP contribution in [0, 0.1) is 11.8 Å². The minimum absolute atomic E-state index is 0.225. The fourth-order valence-corrected chi connectivity index (χ4v) is 1.53. The van der Waals surface area contributed by atoms with Crippen LogP contribution in [0.15, 0.2) is 30.3 Å². The molecule has 2 atom stereocenters. The molecule has 0 saturated heterocycles. The molecule has 0 amide bonds. The first-order valence-corrected chi connectivity index (χ1v) is 5.38. The number of hydrogen-bond donors (Lipinski definition) is 1. The molecule has 0 saturated carbocycles. The summed E-state index contributed by atoms with van der Waals surface area (Å²) in [5.74, 6) is -0.730. The lowest BCUT2D eigenvalue weighted by atomic mass is 9.90. The molecular formula is C13H18O2. The molecular weight excluding hydrogens is 188 g/mol. The molecule has 0 radical (unpaired) electrons. The average Bonchev–Trinajstić information content (AvgIpc) is 2.26. The van der Waals surface area contributed by atoms with Crippen LogP contribution in [-0.4, -0.2) is 11.1 Å². The van der Waals surface area contributed by atoms with Gasteiger partial charge in [-0.2, -0.15) is 0 Å². The normalized spacial score (nSPS) is 14.5. The SMILES string of the molecule is CC(CCc1ccccc1)C(C)C(=O)O. The highest BCUT2D eigenvalue weighted by Gasteiger charge is 2.18. The minimum Gasteiger partial charge on any atom is -0.481 e. The number of benzene rings is 1. The van der Waals surface area contributed by atoms with Crippen molar-refractivity contribution in [1.29, 1.82) is 0 Å². The lowest BCUT2D eigenvalue weighted by Crippen LogP contribution is -2.18. The number of carbonyl (C=O) groups is 1. The summed E-state index contributed by atoms with van der Waals surface area (Å²) < 4.78 is 0. The average molecular weight is 206 g/mol. The maximum Gasteiger partial charge on any atom is 0.306 e. The van der Waals surface area contributed by atoms with E-state index in [9.17, 15) is 4.79 Å². The Labute approximate surface area is 90.9 Å². The summed E-state index contributed by atoms with van der Waals surface area (Å²) in [7, 11) is 0. The molecule has 1 aromatic carbocycles. The highest BCUT2D eigenvalue weighted by atomic mass is 16.4. The van der Waals surface area contributed by atoms with Crippen molar-refractivity contribution in [1.82, 2.24) is 0 Å². The zero-order valence-electron chi connectivity index (χ0n) is 9.31. The van der Waals surface area contributed by atoms with Crippen LogP contribution in [-0.2, 0) is 11.2 Å². The third-order valence-electron chi connectivity index (χ3n) is 2.97. The van der Waals surface area contributed by atoms with Gasteiger partial charge in [-0.25, -0.2) is 0 Å². The van der Waals surface area contributed by atoms with Gasteiger partial charge >= 0.3 is 5.97 Å². The van der Waals surface area contributed by atoms with Crippen LogP contribution in [0.3, 0.4) is 0 Å². The van der Waals surface area contributed by atoms with Crippen molar-refractivity contribution in [3.63, 3.8) is 0 Å². The van der Waals surface area contributed by atoms with Gasteiger partial charge in [-0.05, 0) is 24.3 Å². The Bertz CT molecular complexity index is 306. The Morgan fingerprint density at radius 2 is 1.87 bits per heavy atom. The first-order valence-electron chi connectivity index (χ1n) is 5.38. The molecule has 2 unspecified atom stereocenters. The second kappa shape index (κ2) is 5.54. The summed E-state index contributed by atoms with van der Waals surface area (Å²) in [4.78, 5) is 10.8. The lowest BCUT2D eigenvalue weighted by molar-refractivity contribution is -0.142. The van der Waals surface area contributed by atoms with E-state index in [2.05, 4.69) is 12.1 Å². The molecule has 0 heterocycles. The van der Waals surface area contributed by atoms with E-state index in [1.807, 2.05) is 25.1 Å². The third-order valence-corrected chi connectivity index (χ3v) is 2.97. The van der Waals surface area contributed by atoms with E-state index in [-0.39, 0.29) is 11.8 Å². The second-order valence-corrected chi connectivity index (χ2v) is 4.13. The van der Waals surface area contributed by atoms with Crippen LogP contribution in [0.4, 0.5) is 0 Å². The number of aryl methyl sites for hydroxylation is 1. The van der Waals surface area contributed by atoms with Crippen LogP contribution in [0.1, 0.15) is 25.8 Å². The fourth-order valence-electron chi connectivity index (χ4n) is 1.53. The van der Waals surface area contributed by atoms with Crippen LogP contribution in [0.2, 0.25) is 0 Å². The Kier molecular flexibility index (Phi) is 4.35. The van der Waals surface area contributed by atoms with Crippen LogP contribution in [0.25, 0.3) is 0 Å². The van der Waals surface area contributed by atoms with E-state index in [0.29, 0.717) is 0 Å². The van der Waals surface area contributed by atoms with Gasteiger partial charge in [0.15, 0.2) is 0 Å². The molecule has 0 fully saturated rings. The molecule has 0 aliphatic rings. The van der Waals surface area contributed by atoms with Crippen LogP contribution >= 0.6 is 0 Å². The second-order valence-electron chi connectivity index (χ2n) is 4.13. The lowest BCUT2D eigenvalue weighted by Gasteiger charge is -2.15. The molecule has 82 valence electrons. The first kappa shape index (κ1) is 11.8. The van der Waals surface area contributed by atoms with E-state index in [0.717, 1.165) is 12.8 Å². The number of carboxylic acid groups (broad SMARTS) is 1. The molecule has 0 spiro atoms. The standard InChI is InChI=1S/C13H18O2/c1-10(11(2)13(14)15)8-9-12-6-4-3-5-7-12/h3-7,10-11H,8-9H2,1-2H3,(H,14,15). The topological polar surface area (TPSA) is 37.3 Å².